The molecule has 0 spiro atoms. The second kappa shape index (κ2) is 12.2. The van der Waals surface area contributed by atoms with Gasteiger partial charge in [-0.2, -0.15) is 0 Å². The van der Waals surface area contributed by atoms with Crippen molar-refractivity contribution in [2.75, 3.05) is 0 Å². The van der Waals surface area contributed by atoms with Crippen LogP contribution in [0.15, 0.2) is 182 Å². The van der Waals surface area contributed by atoms with Gasteiger partial charge in [-0.1, -0.05) is 155 Å². The fourth-order valence-electron chi connectivity index (χ4n) is 11.2. The third-order valence-electron chi connectivity index (χ3n) is 14.2. The van der Waals surface area contributed by atoms with Gasteiger partial charge in [-0.25, -0.2) is 0 Å². The SMILES string of the molecule is CC1(C)CCC(C)(C)c2cc3c(cc21)c1cc2c(cc1n3-c1ccc3c(c1)C(c1ccccc1)(c1ccccc1)c1ccccc1-3)c1ccccc1n2-c1ccccc1. The van der Waals surface area contributed by atoms with Crippen molar-refractivity contribution in [1.82, 2.24) is 9.13 Å². The van der Waals surface area contributed by atoms with Gasteiger partial charge in [0.05, 0.1) is 27.5 Å². The summed E-state index contributed by atoms with van der Waals surface area (Å²) < 4.78 is 5.06. The molecular formula is C57H46N2. The monoisotopic (exact) mass is 758 g/mol. The number of benzene rings is 8. The maximum Gasteiger partial charge on any atom is 0.0714 e. The Bertz CT molecular complexity index is 3270. The zero-order valence-corrected chi connectivity index (χ0v) is 34.1. The number of hydrogen-bond acceptors (Lipinski definition) is 0. The van der Waals surface area contributed by atoms with Crippen molar-refractivity contribution < 1.29 is 0 Å². The highest BCUT2D eigenvalue weighted by Crippen LogP contribution is 2.57. The summed E-state index contributed by atoms with van der Waals surface area (Å²) in [5.74, 6) is 0. The van der Waals surface area contributed by atoms with Gasteiger partial charge in [0.25, 0.3) is 0 Å². The van der Waals surface area contributed by atoms with Crippen molar-refractivity contribution in [1.29, 1.82) is 0 Å². The number of para-hydroxylation sites is 2. The zero-order chi connectivity index (χ0) is 39.7. The van der Waals surface area contributed by atoms with Crippen LogP contribution in [-0.4, -0.2) is 9.13 Å². The Hall–Kier alpha value is -6.64. The molecule has 0 amide bonds. The molecule has 12 rings (SSSR count). The summed E-state index contributed by atoms with van der Waals surface area (Å²) in [5.41, 5.74) is 17.8. The molecule has 0 N–H and O–H groups in total. The Labute approximate surface area is 346 Å². The highest BCUT2D eigenvalue weighted by atomic mass is 15.0. The molecule has 0 aliphatic heterocycles. The van der Waals surface area contributed by atoms with Crippen molar-refractivity contribution in [3.63, 3.8) is 0 Å². The van der Waals surface area contributed by atoms with E-state index in [1.165, 1.54) is 112 Å². The summed E-state index contributed by atoms with van der Waals surface area (Å²) >= 11 is 0. The number of hydrogen-bond donors (Lipinski definition) is 0. The second-order valence-corrected chi connectivity index (χ2v) is 18.4. The Kier molecular flexibility index (Phi) is 7.11. The lowest BCUT2D eigenvalue weighted by atomic mass is 9.63. The second-order valence-electron chi connectivity index (χ2n) is 18.4. The molecule has 10 aromatic rings. The maximum atomic E-state index is 2.60. The third-order valence-corrected chi connectivity index (χ3v) is 14.2. The fraction of sp³-hybridized carbons (Fsp3) is 0.158. The van der Waals surface area contributed by atoms with Crippen LogP contribution in [0.3, 0.4) is 0 Å². The van der Waals surface area contributed by atoms with Crippen LogP contribution in [0.5, 0.6) is 0 Å². The molecule has 0 fully saturated rings. The summed E-state index contributed by atoms with van der Waals surface area (Å²) in [4.78, 5) is 0. The van der Waals surface area contributed by atoms with Crippen molar-refractivity contribution >= 4 is 43.6 Å². The quantitative estimate of drug-likeness (QED) is 0.169. The molecule has 2 nitrogen and oxygen atoms in total. The van der Waals surface area contributed by atoms with Crippen LogP contribution in [0.4, 0.5) is 0 Å². The summed E-state index contributed by atoms with van der Waals surface area (Å²) in [5, 5.41) is 5.14. The van der Waals surface area contributed by atoms with Crippen molar-refractivity contribution in [3.8, 4) is 22.5 Å². The Morgan fingerprint density at radius 1 is 0.339 bits per heavy atom. The molecule has 59 heavy (non-hydrogen) atoms. The average Bonchev–Trinajstić information content (AvgIpc) is 3.88. The van der Waals surface area contributed by atoms with Crippen LogP contribution in [0, 0.1) is 0 Å². The summed E-state index contributed by atoms with van der Waals surface area (Å²) in [7, 11) is 0. The van der Waals surface area contributed by atoms with E-state index in [4.69, 9.17) is 0 Å². The van der Waals surface area contributed by atoms with Crippen LogP contribution >= 0.6 is 0 Å². The Morgan fingerprint density at radius 2 is 0.831 bits per heavy atom. The number of aromatic nitrogens is 2. The summed E-state index contributed by atoms with van der Waals surface area (Å²) in [6, 6.07) is 68.6. The van der Waals surface area contributed by atoms with Gasteiger partial charge < -0.3 is 9.13 Å². The van der Waals surface area contributed by atoms with Crippen molar-refractivity contribution in [3.05, 3.63) is 215 Å². The molecule has 0 saturated carbocycles. The first-order valence-corrected chi connectivity index (χ1v) is 21.2. The highest BCUT2D eigenvalue weighted by molar-refractivity contribution is 6.19. The molecule has 284 valence electrons. The smallest absolute Gasteiger partial charge is 0.0714 e. The lowest BCUT2D eigenvalue weighted by molar-refractivity contribution is 0.332. The number of nitrogens with zero attached hydrogens (tertiary/aromatic N) is 2. The van der Waals surface area contributed by atoms with Crippen molar-refractivity contribution in [2.45, 2.75) is 56.8 Å². The van der Waals surface area contributed by atoms with Gasteiger partial charge in [0, 0.05) is 32.9 Å². The summed E-state index contributed by atoms with van der Waals surface area (Å²) in [6.07, 6.45) is 2.35. The molecule has 0 saturated heterocycles. The van der Waals surface area contributed by atoms with E-state index in [0.717, 1.165) is 0 Å². The van der Waals surface area contributed by atoms with E-state index >= 15 is 0 Å². The topological polar surface area (TPSA) is 9.86 Å². The first kappa shape index (κ1) is 34.4. The summed E-state index contributed by atoms with van der Waals surface area (Å²) in [6.45, 7) is 9.79. The minimum atomic E-state index is -0.481. The Balaban J connectivity index is 1.23. The average molecular weight is 759 g/mol. The van der Waals surface area contributed by atoms with Gasteiger partial charge >= 0.3 is 0 Å². The van der Waals surface area contributed by atoms with E-state index in [0.29, 0.717) is 0 Å². The molecule has 0 unspecified atom stereocenters. The van der Waals surface area contributed by atoms with E-state index in [2.05, 4.69) is 219 Å². The highest BCUT2D eigenvalue weighted by Gasteiger charge is 2.46. The van der Waals surface area contributed by atoms with E-state index in [9.17, 15) is 0 Å². The van der Waals surface area contributed by atoms with Gasteiger partial charge in [0.1, 0.15) is 0 Å². The van der Waals surface area contributed by atoms with E-state index in [1.54, 1.807) is 0 Å². The van der Waals surface area contributed by atoms with Gasteiger partial charge in [-0.15, -0.1) is 0 Å². The molecule has 0 atom stereocenters. The zero-order valence-electron chi connectivity index (χ0n) is 34.1. The van der Waals surface area contributed by atoms with Gasteiger partial charge in [0.15, 0.2) is 0 Å². The van der Waals surface area contributed by atoms with Gasteiger partial charge in [-0.3, -0.25) is 0 Å². The van der Waals surface area contributed by atoms with E-state index in [1.807, 2.05) is 0 Å². The Morgan fingerprint density at radius 3 is 1.51 bits per heavy atom. The van der Waals surface area contributed by atoms with Crippen LogP contribution in [0.2, 0.25) is 0 Å². The standard InChI is InChI=1S/C57H46N2/c1-55(2)30-31-56(3,4)50-36-54-44(33-49(50)55)46-35-52-45(43-25-15-17-27-51(43)58(52)39-22-12-7-13-23-39)34-53(46)59(54)40-28-29-42-41-24-14-16-26-47(41)57(48(42)32-40,37-18-8-5-9-19-37)38-20-10-6-11-21-38/h5-29,32-36H,30-31H2,1-4H3. The number of fused-ring (bicyclic) bond motifs is 10. The first-order chi connectivity index (χ1) is 28.8. The molecule has 0 bridgehead atoms. The maximum absolute atomic E-state index is 2.60. The molecule has 2 heteroatoms. The lowest BCUT2D eigenvalue weighted by Gasteiger charge is -2.42. The van der Waals surface area contributed by atoms with Crippen LogP contribution in [0.25, 0.3) is 66.1 Å². The van der Waals surface area contributed by atoms with E-state index < -0.39 is 5.41 Å². The predicted octanol–water partition coefficient (Wildman–Crippen LogP) is 14.6. The molecule has 2 aliphatic rings. The fourth-order valence-corrected chi connectivity index (χ4v) is 11.2. The van der Waals surface area contributed by atoms with Crippen LogP contribution < -0.4 is 0 Å². The minimum absolute atomic E-state index is 0.0699. The van der Waals surface area contributed by atoms with Crippen molar-refractivity contribution in [2.24, 2.45) is 0 Å². The number of rotatable bonds is 4. The van der Waals surface area contributed by atoms with Gasteiger partial charge in [0.2, 0.25) is 0 Å². The normalized spacial score (nSPS) is 16.1. The van der Waals surface area contributed by atoms with Crippen LogP contribution in [0.1, 0.15) is 73.9 Å². The third kappa shape index (κ3) is 4.69. The largest absolute Gasteiger partial charge is 0.309 e. The predicted molar refractivity (Wildman–Crippen MR) is 248 cm³/mol. The van der Waals surface area contributed by atoms with Gasteiger partial charge in [-0.05, 0) is 123 Å². The molecule has 2 aromatic heterocycles. The molecule has 8 aromatic carbocycles. The molecule has 2 aliphatic carbocycles. The lowest BCUT2D eigenvalue weighted by Crippen LogP contribution is -2.33. The van der Waals surface area contributed by atoms with E-state index in [-0.39, 0.29) is 10.8 Å². The molecule has 0 radical (unpaired) electrons. The van der Waals surface area contributed by atoms with Crippen LogP contribution in [-0.2, 0) is 16.2 Å². The first-order valence-electron chi connectivity index (χ1n) is 21.2. The molecular weight excluding hydrogens is 713 g/mol. The minimum Gasteiger partial charge on any atom is -0.309 e. The molecule has 2 heterocycles.